The molecule has 0 radical (unpaired) electrons. The fraction of sp³-hybridized carbons (Fsp3) is 1.00. The van der Waals surface area contributed by atoms with Crippen LogP contribution in [0.3, 0.4) is 0 Å². The summed E-state index contributed by atoms with van der Waals surface area (Å²) in [4.78, 5) is 2.36. The van der Waals surface area contributed by atoms with Crippen LogP contribution in [0.15, 0.2) is 0 Å². The molecule has 0 rings (SSSR count). The molecule has 3 heteroatoms. The minimum atomic E-state index is 0. The molecule has 0 fully saturated rings. The van der Waals surface area contributed by atoms with E-state index in [-0.39, 0.29) is 1.43 Å². The maximum Gasteiger partial charge on any atom is 0.0478 e. The van der Waals surface area contributed by atoms with E-state index in [1.807, 2.05) is 7.05 Å². The van der Waals surface area contributed by atoms with Gasteiger partial charge in [-0.25, -0.2) is 0 Å². The first-order chi connectivity index (χ1) is 6.81. The van der Waals surface area contributed by atoms with Crippen molar-refractivity contribution in [2.24, 2.45) is 0 Å². The molecule has 1 N–H and O–H groups in total. The number of ether oxygens (including phenoxy) is 1. The second-order valence-corrected chi connectivity index (χ2v) is 3.73. The van der Waals surface area contributed by atoms with Gasteiger partial charge in [-0.1, -0.05) is 6.92 Å². The first-order valence-corrected chi connectivity index (χ1v) is 5.72. The van der Waals surface area contributed by atoms with Gasteiger partial charge < -0.3 is 15.0 Å². The monoisotopic (exact) mass is 204 g/mol. The third kappa shape index (κ3) is 9.96. The van der Waals surface area contributed by atoms with Crippen molar-refractivity contribution in [3.05, 3.63) is 0 Å². The Balaban J connectivity index is 0. The van der Waals surface area contributed by atoms with Gasteiger partial charge in [-0.05, 0) is 46.4 Å². The molecule has 14 heavy (non-hydrogen) atoms. The van der Waals surface area contributed by atoms with Crippen molar-refractivity contribution in [3.63, 3.8) is 0 Å². The predicted molar refractivity (Wildman–Crippen MR) is 63.9 cm³/mol. The van der Waals surface area contributed by atoms with E-state index >= 15 is 0 Å². The Morgan fingerprint density at radius 3 is 2.57 bits per heavy atom. The van der Waals surface area contributed by atoms with Gasteiger partial charge in [0.25, 0.3) is 0 Å². The zero-order valence-electron chi connectivity index (χ0n) is 10.0. The summed E-state index contributed by atoms with van der Waals surface area (Å²) in [5.41, 5.74) is 0. The molecule has 3 nitrogen and oxygen atoms in total. The highest BCUT2D eigenvalue weighted by Crippen LogP contribution is 1.91. The van der Waals surface area contributed by atoms with Crippen molar-refractivity contribution in [3.8, 4) is 0 Å². The molecule has 0 atom stereocenters. The molecular weight excluding hydrogens is 176 g/mol. The highest BCUT2D eigenvalue weighted by atomic mass is 16.5. The molecule has 0 aliphatic carbocycles. The number of hydrogen-bond acceptors (Lipinski definition) is 3. The van der Waals surface area contributed by atoms with Crippen LogP contribution in [0.1, 0.15) is 27.6 Å². The smallest absolute Gasteiger partial charge is 0.0478 e. The van der Waals surface area contributed by atoms with Gasteiger partial charge >= 0.3 is 0 Å². The molecule has 0 heterocycles. The molecule has 0 aliphatic rings. The Morgan fingerprint density at radius 1 is 1.21 bits per heavy atom. The first kappa shape index (κ1) is 13.9. The summed E-state index contributed by atoms with van der Waals surface area (Å²) in [6.07, 6.45) is 3.50. The standard InChI is InChI=1S/C11H26N2O.H2/c1-4-8-13(3)9-6-11-14-10-5-7-12-2;/h12H,4-11H2,1-3H3;1H. The second kappa shape index (κ2) is 11.0. The number of rotatable bonds is 10. The van der Waals surface area contributed by atoms with Crippen molar-refractivity contribution in [1.82, 2.24) is 10.2 Å². The quantitative estimate of drug-likeness (QED) is 0.547. The SMILES string of the molecule is CCCN(C)CCCOCCCNC.[HH]. The lowest BCUT2D eigenvalue weighted by molar-refractivity contribution is 0.122. The van der Waals surface area contributed by atoms with Crippen LogP contribution in [0.2, 0.25) is 0 Å². The van der Waals surface area contributed by atoms with Crippen LogP contribution >= 0.6 is 0 Å². The van der Waals surface area contributed by atoms with Crippen molar-refractivity contribution in [2.75, 3.05) is 46.9 Å². The lowest BCUT2D eigenvalue weighted by atomic mass is 10.4. The van der Waals surface area contributed by atoms with E-state index in [2.05, 4.69) is 24.2 Å². The van der Waals surface area contributed by atoms with Gasteiger partial charge in [0.05, 0.1) is 0 Å². The Kier molecular flexibility index (Phi) is 10.9. The van der Waals surface area contributed by atoms with E-state index in [1.165, 1.54) is 13.0 Å². The van der Waals surface area contributed by atoms with Gasteiger partial charge in [-0.2, -0.15) is 0 Å². The van der Waals surface area contributed by atoms with Crippen LogP contribution in [0.4, 0.5) is 0 Å². The third-order valence-corrected chi connectivity index (χ3v) is 2.15. The van der Waals surface area contributed by atoms with Crippen LogP contribution in [-0.2, 0) is 4.74 Å². The highest BCUT2D eigenvalue weighted by Gasteiger charge is 1.95. The minimum Gasteiger partial charge on any atom is -0.381 e. The number of nitrogens with zero attached hydrogens (tertiary/aromatic N) is 1. The van der Waals surface area contributed by atoms with Gasteiger partial charge in [0.2, 0.25) is 0 Å². The largest absolute Gasteiger partial charge is 0.381 e. The predicted octanol–water partition coefficient (Wildman–Crippen LogP) is 1.59. The van der Waals surface area contributed by atoms with Gasteiger partial charge in [0.15, 0.2) is 0 Å². The molecule has 0 spiro atoms. The molecular formula is C11H28N2O. The maximum absolute atomic E-state index is 5.50. The summed E-state index contributed by atoms with van der Waals surface area (Å²) < 4.78 is 5.50. The van der Waals surface area contributed by atoms with Crippen molar-refractivity contribution >= 4 is 0 Å². The fourth-order valence-corrected chi connectivity index (χ4v) is 1.38. The molecule has 0 aliphatic heterocycles. The number of nitrogens with one attached hydrogen (secondary N) is 1. The molecule has 0 aromatic heterocycles. The molecule has 0 unspecified atom stereocenters. The normalized spacial score (nSPS) is 11.1. The summed E-state index contributed by atoms with van der Waals surface area (Å²) >= 11 is 0. The Morgan fingerprint density at radius 2 is 1.93 bits per heavy atom. The van der Waals surface area contributed by atoms with Gasteiger partial charge in [0.1, 0.15) is 0 Å². The van der Waals surface area contributed by atoms with E-state index in [0.717, 1.165) is 39.1 Å². The van der Waals surface area contributed by atoms with Crippen LogP contribution in [0, 0.1) is 0 Å². The van der Waals surface area contributed by atoms with E-state index in [9.17, 15) is 0 Å². The lowest BCUT2D eigenvalue weighted by Crippen LogP contribution is -2.21. The van der Waals surface area contributed by atoms with Crippen LogP contribution in [0.25, 0.3) is 0 Å². The summed E-state index contributed by atoms with van der Waals surface area (Å²) in [6.45, 7) is 7.40. The van der Waals surface area contributed by atoms with Crippen LogP contribution in [-0.4, -0.2) is 51.8 Å². The lowest BCUT2D eigenvalue weighted by Gasteiger charge is -2.14. The summed E-state index contributed by atoms with van der Waals surface area (Å²) in [5, 5.41) is 3.11. The third-order valence-electron chi connectivity index (χ3n) is 2.15. The number of hydrogen-bond donors (Lipinski definition) is 1. The first-order valence-electron chi connectivity index (χ1n) is 5.72. The molecule has 88 valence electrons. The Labute approximate surface area is 90.3 Å². The molecule has 0 aromatic carbocycles. The zero-order chi connectivity index (χ0) is 10.6. The summed E-state index contributed by atoms with van der Waals surface area (Å²) in [5.74, 6) is 0. The van der Waals surface area contributed by atoms with E-state index in [0.29, 0.717) is 0 Å². The molecule has 0 bridgehead atoms. The van der Waals surface area contributed by atoms with E-state index < -0.39 is 0 Å². The average molecular weight is 204 g/mol. The van der Waals surface area contributed by atoms with Crippen molar-refractivity contribution in [2.45, 2.75) is 26.2 Å². The second-order valence-electron chi connectivity index (χ2n) is 3.73. The van der Waals surface area contributed by atoms with Gasteiger partial charge in [0, 0.05) is 21.2 Å². The molecule has 0 aromatic rings. The topological polar surface area (TPSA) is 24.5 Å². The average Bonchev–Trinajstić information content (AvgIpc) is 2.17. The fourth-order valence-electron chi connectivity index (χ4n) is 1.38. The maximum atomic E-state index is 5.50. The molecule has 0 amide bonds. The van der Waals surface area contributed by atoms with Crippen LogP contribution in [0.5, 0.6) is 0 Å². The van der Waals surface area contributed by atoms with Crippen molar-refractivity contribution in [1.29, 1.82) is 0 Å². The van der Waals surface area contributed by atoms with Crippen molar-refractivity contribution < 1.29 is 6.16 Å². The zero-order valence-corrected chi connectivity index (χ0v) is 10.0. The van der Waals surface area contributed by atoms with E-state index in [1.54, 1.807) is 0 Å². The molecule has 0 saturated carbocycles. The minimum absolute atomic E-state index is 0. The Hall–Kier alpha value is -0.120. The van der Waals surface area contributed by atoms with Gasteiger partial charge in [-0.15, -0.1) is 0 Å². The van der Waals surface area contributed by atoms with Crippen LogP contribution < -0.4 is 5.32 Å². The Bertz CT molecular complexity index is 115. The van der Waals surface area contributed by atoms with Gasteiger partial charge in [-0.3, -0.25) is 0 Å². The highest BCUT2D eigenvalue weighted by molar-refractivity contribution is 4.49. The molecule has 0 saturated heterocycles. The summed E-state index contributed by atoms with van der Waals surface area (Å²) in [6, 6.07) is 0. The summed E-state index contributed by atoms with van der Waals surface area (Å²) in [7, 11) is 4.14. The van der Waals surface area contributed by atoms with E-state index in [4.69, 9.17) is 4.74 Å².